The summed E-state index contributed by atoms with van der Waals surface area (Å²) >= 11 is 0. The summed E-state index contributed by atoms with van der Waals surface area (Å²) in [6.07, 6.45) is 0.185. The van der Waals surface area contributed by atoms with Gasteiger partial charge in [-0.05, 0) is 24.1 Å². The van der Waals surface area contributed by atoms with Crippen molar-refractivity contribution < 1.29 is 19.5 Å². The first-order valence-corrected chi connectivity index (χ1v) is 7.32. The Morgan fingerprint density at radius 2 is 1.43 bits per heavy atom. The van der Waals surface area contributed by atoms with Crippen molar-refractivity contribution in [3.05, 3.63) is 71.3 Å². The fraction of sp³-hybridized carbons (Fsp3) is 0.167. The average Bonchev–Trinajstić information content (AvgIpc) is 2.81. The van der Waals surface area contributed by atoms with Gasteiger partial charge < -0.3 is 5.11 Å². The summed E-state index contributed by atoms with van der Waals surface area (Å²) in [5.74, 6) is -2.43. The molecule has 1 aliphatic rings. The second kappa shape index (κ2) is 6.04. The van der Waals surface area contributed by atoms with E-state index in [-0.39, 0.29) is 24.8 Å². The van der Waals surface area contributed by atoms with E-state index in [0.717, 1.165) is 4.90 Å². The second-order valence-corrected chi connectivity index (χ2v) is 5.40. The van der Waals surface area contributed by atoms with Crippen LogP contribution in [0.25, 0.3) is 0 Å². The molecule has 0 spiro atoms. The first-order chi connectivity index (χ1) is 11.1. The largest absolute Gasteiger partial charge is 0.481 e. The molecule has 1 aliphatic heterocycles. The van der Waals surface area contributed by atoms with Crippen molar-refractivity contribution in [3.8, 4) is 0 Å². The van der Waals surface area contributed by atoms with E-state index in [0.29, 0.717) is 16.7 Å². The first-order valence-electron chi connectivity index (χ1n) is 7.32. The highest BCUT2D eigenvalue weighted by atomic mass is 16.4. The molecule has 3 rings (SSSR count). The molecule has 0 unspecified atom stereocenters. The number of benzene rings is 2. The number of rotatable bonds is 5. The van der Waals surface area contributed by atoms with Crippen LogP contribution in [0.1, 0.15) is 38.6 Å². The standard InChI is InChI=1S/C18H15NO4/c20-16-14-8-4-5-9-15(14)17(21)19(16)11-10-13(18(22)23)12-6-2-1-3-7-12/h1-9,13H,10-11H2,(H,22,23)/t13-/m0/s1. The number of aliphatic carboxylic acids is 1. The lowest BCUT2D eigenvalue weighted by atomic mass is 9.96. The van der Waals surface area contributed by atoms with Crippen LogP contribution in [-0.4, -0.2) is 34.3 Å². The highest BCUT2D eigenvalue weighted by molar-refractivity contribution is 6.21. The average molecular weight is 309 g/mol. The monoisotopic (exact) mass is 309 g/mol. The highest BCUT2D eigenvalue weighted by Crippen LogP contribution is 2.25. The van der Waals surface area contributed by atoms with Crippen molar-refractivity contribution >= 4 is 17.8 Å². The lowest BCUT2D eigenvalue weighted by Gasteiger charge is -2.18. The number of carboxylic acid groups (broad SMARTS) is 1. The van der Waals surface area contributed by atoms with Crippen LogP contribution in [0.15, 0.2) is 54.6 Å². The Labute approximate surface area is 133 Å². The third kappa shape index (κ3) is 2.73. The van der Waals surface area contributed by atoms with E-state index < -0.39 is 11.9 Å². The van der Waals surface area contributed by atoms with E-state index in [1.165, 1.54) is 0 Å². The minimum absolute atomic E-state index is 0.0816. The molecule has 2 amide bonds. The Kier molecular flexibility index (Phi) is 3.93. The van der Waals surface area contributed by atoms with Crippen molar-refractivity contribution in [3.63, 3.8) is 0 Å². The van der Waals surface area contributed by atoms with Crippen LogP contribution in [-0.2, 0) is 4.79 Å². The molecule has 0 aromatic heterocycles. The molecule has 2 aromatic carbocycles. The van der Waals surface area contributed by atoms with Gasteiger partial charge in [0.15, 0.2) is 0 Å². The van der Waals surface area contributed by atoms with Gasteiger partial charge in [0.25, 0.3) is 11.8 Å². The summed E-state index contributed by atoms with van der Waals surface area (Å²) in [6.45, 7) is 0.0816. The number of amides is 2. The molecule has 1 heterocycles. The van der Waals surface area contributed by atoms with Gasteiger partial charge in [-0.1, -0.05) is 42.5 Å². The Morgan fingerprint density at radius 1 is 0.913 bits per heavy atom. The minimum atomic E-state index is -0.965. The third-order valence-electron chi connectivity index (χ3n) is 4.02. The number of hydrogen-bond acceptors (Lipinski definition) is 3. The lowest BCUT2D eigenvalue weighted by Crippen LogP contribution is -2.32. The van der Waals surface area contributed by atoms with Gasteiger partial charge in [0.1, 0.15) is 0 Å². The van der Waals surface area contributed by atoms with Crippen LogP contribution in [0.4, 0.5) is 0 Å². The summed E-state index contributed by atoms with van der Waals surface area (Å²) in [7, 11) is 0. The summed E-state index contributed by atoms with van der Waals surface area (Å²) in [5.41, 5.74) is 1.42. The number of fused-ring (bicyclic) bond motifs is 1. The molecule has 0 fully saturated rings. The number of carbonyl (C=O) groups is 3. The van der Waals surface area contributed by atoms with E-state index >= 15 is 0 Å². The molecular weight excluding hydrogens is 294 g/mol. The maximum Gasteiger partial charge on any atom is 0.311 e. The predicted molar refractivity (Wildman–Crippen MR) is 83.2 cm³/mol. The van der Waals surface area contributed by atoms with Gasteiger partial charge in [-0.3, -0.25) is 19.3 Å². The molecule has 1 N–H and O–H groups in total. The highest BCUT2D eigenvalue weighted by Gasteiger charge is 2.35. The van der Waals surface area contributed by atoms with Crippen LogP contribution < -0.4 is 0 Å². The summed E-state index contributed by atoms with van der Waals surface area (Å²) in [6, 6.07) is 15.5. The van der Waals surface area contributed by atoms with E-state index in [4.69, 9.17) is 0 Å². The van der Waals surface area contributed by atoms with E-state index in [1.54, 1.807) is 48.5 Å². The molecule has 23 heavy (non-hydrogen) atoms. The number of carboxylic acids is 1. The van der Waals surface area contributed by atoms with Crippen LogP contribution in [0, 0.1) is 0 Å². The van der Waals surface area contributed by atoms with Crippen LogP contribution in [0.3, 0.4) is 0 Å². The molecular formula is C18H15NO4. The number of nitrogens with zero attached hydrogens (tertiary/aromatic N) is 1. The molecule has 1 atom stereocenters. The van der Waals surface area contributed by atoms with Gasteiger partial charge in [-0.15, -0.1) is 0 Å². The van der Waals surface area contributed by atoms with Crippen molar-refractivity contribution in [1.82, 2.24) is 4.90 Å². The van der Waals surface area contributed by atoms with Gasteiger partial charge in [-0.25, -0.2) is 0 Å². The SMILES string of the molecule is O=C(O)[C@@H](CCN1C(=O)c2ccccc2C1=O)c1ccccc1. The molecule has 0 saturated heterocycles. The molecule has 2 aromatic rings. The lowest BCUT2D eigenvalue weighted by molar-refractivity contribution is -0.139. The summed E-state index contributed by atoms with van der Waals surface area (Å²) in [5, 5.41) is 9.42. The minimum Gasteiger partial charge on any atom is -0.481 e. The topological polar surface area (TPSA) is 74.7 Å². The van der Waals surface area contributed by atoms with E-state index in [2.05, 4.69) is 0 Å². The zero-order valence-corrected chi connectivity index (χ0v) is 12.3. The molecule has 0 radical (unpaired) electrons. The van der Waals surface area contributed by atoms with E-state index in [9.17, 15) is 19.5 Å². The Hall–Kier alpha value is -2.95. The zero-order chi connectivity index (χ0) is 16.4. The second-order valence-electron chi connectivity index (χ2n) is 5.40. The molecule has 116 valence electrons. The molecule has 0 aliphatic carbocycles. The normalized spacial score (nSPS) is 14.7. The Bertz CT molecular complexity index is 735. The van der Waals surface area contributed by atoms with Crippen LogP contribution in [0.5, 0.6) is 0 Å². The van der Waals surface area contributed by atoms with Gasteiger partial charge in [-0.2, -0.15) is 0 Å². The molecule has 5 nitrogen and oxygen atoms in total. The van der Waals surface area contributed by atoms with Gasteiger partial charge in [0.05, 0.1) is 17.0 Å². The number of hydrogen-bond donors (Lipinski definition) is 1. The van der Waals surface area contributed by atoms with Gasteiger partial charge in [0.2, 0.25) is 0 Å². The van der Waals surface area contributed by atoms with E-state index in [1.807, 2.05) is 6.07 Å². The quantitative estimate of drug-likeness (QED) is 0.861. The number of carbonyl (C=O) groups excluding carboxylic acids is 2. The fourth-order valence-corrected chi connectivity index (χ4v) is 2.82. The zero-order valence-electron chi connectivity index (χ0n) is 12.3. The summed E-state index contributed by atoms with van der Waals surface area (Å²) < 4.78 is 0. The Balaban J connectivity index is 1.77. The Morgan fingerprint density at radius 3 is 1.96 bits per heavy atom. The van der Waals surface area contributed by atoms with Crippen molar-refractivity contribution in [2.75, 3.05) is 6.54 Å². The van der Waals surface area contributed by atoms with Crippen molar-refractivity contribution in [2.45, 2.75) is 12.3 Å². The smallest absolute Gasteiger partial charge is 0.311 e. The molecule has 0 bridgehead atoms. The molecule has 5 heteroatoms. The van der Waals surface area contributed by atoms with Crippen LogP contribution >= 0.6 is 0 Å². The maximum absolute atomic E-state index is 12.3. The third-order valence-corrected chi connectivity index (χ3v) is 4.02. The maximum atomic E-state index is 12.3. The van der Waals surface area contributed by atoms with Gasteiger partial charge in [0, 0.05) is 6.54 Å². The fourth-order valence-electron chi connectivity index (χ4n) is 2.82. The summed E-state index contributed by atoms with van der Waals surface area (Å²) in [4.78, 5) is 37.2. The van der Waals surface area contributed by atoms with Gasteiger partial charge >= 0.3 is 5.97 Å². The van der Waals surface area contributed by atoms with Crippen LogP contribution in [0.2, 0.25) is 0 Å². The predicted octanol–water partition coefficient (Wildman–Crippen LogP) is 2.54. The van der Waals surface area contributed by atoms with Crippen molar-refractivity contribution in [1.29, 1.82) is 0 Å². The molecule has 0 saturated carbocycles. The van der Waals surface area contributed by atoms with Crippen molar-refractivity contribution in [2.24, 2.45) is 0 Å². The first kappa shape index (κ1) is 15.0. The number of imide groups is 1.